The molecule has 3 aromatic carbocycles. The average molecular weight is 459 g/mol. The summed E-state index contributed by atoms with van der Waals surface area (Å²) in [5.74, 6) is 0.946. The molecule has 0 spiro atoms. The first kappa shape index (κ1) is 21.2. The van der Waals surface area contributed by atoms with E-state index in [1.807, 2.05) is 37.3 Å². The molecule has 0 bridgehead atoms. The van der Waals surface area contributed by atoms with Crippen molar-refractivity contribution in [2.24, 2.45) is 0 Å². The second-order valence-corrected chi connectivity index (χ2v) is 8.59. The van der Waals surface area contributed by atoms with Crippen molar-refractivity contribution < 1.29 is 9.90 Å². The Balaban J connectivity index is 1.62. The highest BCUT2D eigenvalue weighted by atomic mass is 35.5. The zero-order valence-electron chi connectivity index (χ0n) is 18.3. The molecular weight excluding hydrogens is 436 g/mol. The summed E-state index contributed by atoms with van der Waals surface area (Å²) in [4.78, 5) is 25.0. The molecule has 1 aliphatic heterocycles. The Bertz CT molecular complexity index is 1410. The van der Waals surface area contributed by atoms with Crippen LogP contribution in [0.1, 0.15) is 5.56 Å². The van der Waals surface area contributed by atoms with Crippen LogP contribution in [0.3, 0.4) is 0 Å². The largest absolute Gasteiger partial charge is 0.508 e. The number of carbonyl (C=O) groups is 1. The molecule has 166 valence electrons. The van der Waals surface area contributed by atoms with Gasteiger partial charge in [-0.2, -0.15) is 0 Å². The molecule has 1 saturated heterocycles. The van der Waals surface area contributed by atoms with Crippen molar-refractivity contribution in [2.75, 3.05) is 31.1 Å². The fraction of sp³-hybridized carbons (Fsp3) is 0.192. The van der Waals surface area contributed by atoms with Gasteiger partial charge in [-0.1, -0.05) is 42.4 Å². The molecule has 1 N–H and O–H groups in total. The lowest BCUT2D eigenvalue weighted by molar-refractivity contribution is -0.126. The van der Waals surface area contributed by atoms with E-state index in [9.17, 15) is 9.90 Å². The highest BCUT2D eigenvalue weighted by molar-refractivity contribution is 6.35. The van der Waals surface area contributed by atoms with Gasteiger partial charge in [0.05, 0.1) is 5.52 Å². The van der Waals surface area contributed by atoms with Crippen molar-refractivity contribution in [1.82, 2.24) is 14.9 Å². The van der Waals surface area contributed by atoms with E-state index in [4.69, 9.17) is 11.6 Å². The topological polar surface area (TPSA) is 69.6 Å². The molecule has 0 aliphatic carbocycles. The number of amides is 1. The fourth-order valence-corrected chi connectivity index (χ4v) is 5.02. The minimum atomic E-state index is -0.0518. The summed E-state index contributed by atoms with van der Waals surface area (Å²) in [5.41, 5.74) is 3.46. The first-order valence-electron chi connectivity index (χ1n) is 10.8. The third-order valence-corrected chi connectivity index (χ3v) is 6.58. The number of aromatic hydroxyl groups is 1. The molecule has 6 nitrogen and oxygen atoms in total. The van der Waals surface area contributed by atoms with E-state index in [-0.39, 0.29) is 11.7 Å². The molecule has 33 heavy (non-hydrogen) atoms. The van der Waals surface area contributed by atoms with E-state index in [2.05, 4.69) is 21.4 Å². The molecule has 0 atom stereocenters. The maximum Gasteiger partial charge on any atom is 0.246 e. The molecule has 4 aromatic rings. The number of hydrogen-bond donors (Lipinski definition) is 1. The Morgan fingerprint density at radius 1 is 1.09 bits per heavy atom. The predicted molar refractivity (Wildman–Crippen MR) is 133 cm³/mol. The van der Waals surface area contributed by atoms with Crippen molar-refractivity contribution in [3.8, 4) is 16.9 Å². The number of piperazine rings is 1. The van der Waals surface area contributed by atoms with Crippen LogP contribution in [0.5, 0.6) is 5.75 Å². The van der Waals surface area contributed by atoms with Gasteiger partial charge in [-0.3, -0.25) is 4.79 Å². The van der Waals surface area contributed by atoms with Crippen LogP contribution < -0.4 is 4.90 Å². The van der Waals surface area contributed by atoms with Gasteiger partial charge in [0.1, 0.15) is 17.9 Å². The highest BCUT2D eigenvalue weighted by Gasteiger charge is 2.24. The zero-order valence-corrected chi connectivity index (χ0v) is 19.0. The molecule has 0 radical (unpaired) electrons. The van der Waals surface area contributed by atoms with E-state index in [1.165, 1.54) is 6.08 Å². The monoisotopic (exact) mass is 458 g/mol. The SMILES string of the molecule is C=CC(=O)N1CCN(c2ncnc3c(C)c(-c4cc(O)cc5ccccc45)c(Cl)cc23)CC1. The maximum atomic E-state index is 11.9. The van der Waals surface area contributed by atoms with Crippen LogP contribution in [0.15, 0.2) is 61.4 Å². The number of anilines is 1. The minimum Gasteiger partial charge on any atom is -0.508 e. The third-order valence-electron chi connectivity index (χ3n) is 6.28. The van der Waals surface area contributed by atoms with Gasteiger partial charge in [0.25, 0.3) is 0 Å². The van der Waals surface area contributed by atoms with Gasteiger partial charge in [0.2, 0.25) is 5.91 Å². The van der Waals surface area contributed by atoms with Crippen molar-refractivity contribution in [3.63, 3.8) is 0 Å². The summed E-state index contributed by atoms with van der Waals surface area (Å²) >= 11 is 6.87. The van der Waals surface area contributed by atoms with Gasteiger partial charge in [-0.05, 0) is 53.1 Å². The zero-order chi connectivity index (χ0) is 23.1. The van der Waals surface area contributed by atoms with Gasteiger partial charge < -0.3 is 14.9 Å². The second-order valence-electron chi connectivity index (χ2n) is 8.18. The van der Waals surface area contributed by atoms with Gasteiger partial charge >= 0.3 is 0 Å². The number of rotatable bonds is 3. The van der Waals surface area contributed by atoms with Crippen LogP contribution in [0.25, 0.3) is 32.8 Å². The number of fused-ring (bicyclic) bond motifs is 2. The summed E-state index contributed by atoms with van der Waals surface area (Å²) in [6, 6.07) is 13.3. The molecule has 0 unspecified atom stereocenters. The lowest BCUT2D eigenvalue weighted by atomic mass is 9.93. The average Bonchev–Trinajstić information content (AvgIpc) is 2.83. The van der Waals surface area contributed by atoms with Crippen molar-refractivity contribution in [3.05, 3.63) is 72.0 Å². The smallest absolute Gasteiger partial charge is 0.246 e. The number of hydrogen-bond acceptors (Lipinski definition) is 5. The summed E-state index contributed by atoms with van der Waals surface area (Å²) in [6.45, 7) is 8.13. The Morgan fingerprint density at radius 2 is 1.85 bits per heavy atom. The van der Waals surface area contributed by atoms with Crippen LogP contribution >= 0.6 is 11.6 Å². The Labute approximate surface area is 196 Å². The molecule has 1 fully saturated rings. The van der Waals surface area contributed by atoms with E-state index < -0.39 is 0 Å². The molecule has 2 heterocycles. The lowest BCUT2D eigenvalue weighted by Gasteiger charge is -2.35. The molecular formula is C26H23ClN4O2. The third kappa shape index (κ3) is 3.66. The maximum absolute atomic E-state index is 11.9. The molecule has 1 aliphatic rings. The number of aryl methyl sites for hydroxylation is 1. The second kappa shape index (κ2) is 8.37. The number of nitrogens with zero attached hydrogens (tertiary/aromatic N) is 4. The quantitative estimate of drug-likeness (QED) is 0.440. The number of halogens is 1. The van der Waals surface area contributed by atoms with Crippen LogP contribution in [-0.4, -0.2) is 52.1 Å². The van der Waals surface area contributed by atoms with Gasteiger partial charge in [-0.15, -0.1) is 0 Å². The first-order chi connectivity index (χ1) is 16.0. The Kier molecular flexibility index (Phi) is 5.38. The van der Waals surface area contributed by atoms with Crippen molar-refractivity contribution in [2.45, 2.75) is 6.92 Å². The number of aromatic nitrogens is 2. The van der Waals surface area contributed by atoms with E-state index >= 15 is 0 Å². The first-order valence-corrected chi connectivity index (χ1v) is 11.2. The normalized spacial score (nSPS) is 14.1. The molecule has 1 aromatic heterocycles. The van der Waals surface area contributed by atoms with E-state index in [0.29, 0.717) is 31.2 Å². The molecule has 5 rings (SSSR count). The predicted octanol–water partition coefficient (Wildman–Crippen LogP) is 4.95. The van der Waals surface area contributed by atoms with Gasteiger partial charge in [-0.25, -0.2) is 9.97 Å². The lowest BCUT2D eigenvalue weighted by Crippen LogP contribution is -2.48. The van der Waals surface area contributed by atoms with Gasteiger partial charge in [0.15, 0.2) is 0 Å². The number of phenolic OH excluding ortho intramolecular Hbond substituents is 1. The van der Waals surface area contributed by atoms with E-state index in [1.54, 1.807) is 23.4 Å². The summed E-state index contributed by atoms with van der Waals surface area (Å²) < 4.78 is 0. The van der Waals surface area contributed by atoms with E-state index in [0.717, 1.165) is 44.2 Å². The van der Waals surface area contributed by atoms with Crippen LogP contribution in [0.4, 0.5) is 5.82 Å². The molecule has 0 saturated carbocycles. The minimum absolute atomic E-state index is 0.0518. The summed E-state index contributed by atoms with van der Waals surface area (Å²) in [6.07, 6.45) is 2.93. The number of carbonyl (C=O) groups excluding carboxylic acids is 1. The molecule has 7 heteroatoms. The Morgan fingerprint density at radius 3 is 2.61 bits per heavy atom. The Hall–Kier alpha value is -3.64. The van der Waals surface area contributed by atoms with Crippen molar-refractivity contribution >= 4 is 45.0 Å². The van der Waals surface area contributed by atoms with Gasteiger partial charge in [0, 0.05) is 42.2 Å². The van der Waals surface area contributed by atoms with Crippen molar-refractivity contribution in [1.29, 1.82) is 0 Å². The molecule has 1 amide bonds. The standard InChI is InChI=1S/C26H23ClN4O2/c1-3-23(33)30-8-10-31(11-9-30)26-21-14-22(27)24(16(2)25(21)28-15-29-26)20-13-18(32)12-17-6-4-5-7-19(17)20/h3-7,12-15,32H,1,8-11H2,2H3. The van der Waals surface area contributed by atoms with Crippen LogP contribution in [0, 0.1) is 6.92 Å². The highest BCUT2D eigenvalue weighted by Crippen LogP contribution is 2.42. The van der Waals surface area contributed by atoms with Crippen LogP contribution in [-0.2, 0) is 4.79 Å². The summed E-state index contributed by atoms with van der Waals surface area (Å²) in [5, 5.41) is 13.8. The van der Waals surface area contributed by atoms with Crippen LogP contribution in [0.2, 0.25) is 5.02 Å². The summed E-state index contributed by atoms with van der Waals surface area (Å²) in [7, 11) is 0. The fourth-order valence-electron chi connectivity index (χ4n) is 4.67. The number of benzene rings is 3. The number of phenols is 1.